The quantitative estimate of drug-likeness (QED) is 0.684. The Morgan fingerprint density at radius 3 is 2.55 bits per heavy atom. The molecule has 1 unspecified atom stereocenters. The van der Waals surface area contributed by atoms with Crippen LogP contribution < -0.4 is 11.1 Å². The van der Waals surface area contributed by atoms with Crippen molar-refractivity contribution in [2.45, 2.75) is 13.0 Å². The third-order valence-electron chi connectivity index (χ3n) is 1.54. The molecule has 0 heterocycles. The van der Waals surface area contributed by atoms with Crippen molar-refractivity contribution in [2.24, 2.45) is 5.73 Å². The molecule has 0 spiro atoms. The highest BCUT2D eigenvalue weighted by atomic mass is 14.9. The Balaban J connectivity index is 2.51. The maximum Gasteiger partial charge on any atom is 0.0355 e. The smallest absolute Gasteiger partial charge is 0.0355 e. The second kappa shape index (κ2) is 3.98. The fourth-order valence-electron chi connectivity index (χ4n) is 0.878. The molecule has 0 radical (unpaired) electrons. The van der Waals surface area contributed by atoms with Crippen molar-refractivity contribution in [1.82, 2.24) is 0 Å². The van der Waals surface area contributed by atoms with Gasteiger partial charge in [0.25, 0.3) is 0 Å². The summed E-state index contributed by atoms with van der Waals surface area (Å²) in [6.07, 6.45) is 0. The van der Waals surface area contributed by atoms with Crippen LogP contribution in [0.1, 0.15) is 6.92 Å². The van der Waals surface area contributed by atoms with Gasteiger partial charge in [0, 0.05) is 18.3 Å². The molecule has 11 heavy (non-hydrogen) atoms. The van der Waals surface area contributed by atoms with Crippen LogP contribution in [0.5, 0.6) is 0 Å². The summed E-state index contributed by atoms with van der Waals surface area (Å²) in [4.78, 5) is 0. The zero-order chi connectivity index (χ0) is 8.10. The van der Waals surface area contributed by atoms with E-state index in [1.54, 1.807) is 0 Å². The van der Waals surface area contributed by atoms with Crippen LogP contribution in [0, 0.1) is 0 Å². The van der Waals surface area contributed by atoms with Crippen molar-refractivity contribution in [3.63, 3.8) is 0 Å². The second-order valence-corrected chi connectivity index (χ2v) is 2.65. The van der Waals surface area contributed by atoms with Crippen LogP contribution in [0.4, 0.5) is 5.69 Å². The Morgan fingerprint density at radius 1 is 1.36 bits per heavy atom. The molecule has 60 valence electrons. The summed E-state index contributed by atoms with van der Waals surface area (Å²) in [6, 6.07) is 10.4. The lowest BCUT2D eigenvalue weighted by Crippen LogP contribution is -2.24. The van der Waals surface area contributed by atoms with Crippen molar-refractivity contribution in [3.8, 4) is 0 Å². The van der Waals surface area contributed by atoms with Crippen LogP contribution in [-0.2, 0) is 0 Å². The first-order chi connectivity index (χ1) is 5.33. The fourth-order valence-corrected chi connectivity index (χ4v) is 0.878. The molecule has 0 saturated heterocycles. The summed E-state index contributed by atoms with van der Waals surface area (Å²) >= 11 is 0. The van der Waals surface area contributed by atoms with Crippen molar-refractivity contribution in [2.75, 3.05) is 11.9 Å². The molecule has 2 nitrogen and oxygen atoms in total. The third kappa shape index (κ3) is 2.60. The minimum Gasteiger partial charge on any atom is -0.381 e. The molecule has 0 aliphatic carbocycles. The van der Waals surface area contributed by atoms with Gasteiger partial charge in [-0.2, -0.15) is 0 Å². The SMILES string of the molecule is CC(CN)Nc1ccccc1. The van der Waals surface area contributed by atoms with Crippen LogP contribution in [0.15, 0.2) is 30.3 Å². The third-order valence-corrected chi connectivity index (χ3v) is 1.54. The van der Waals surface area contributed by atoms with Gasteiger partial charge < -0.3 is 11.1 Å². The van der Waals surface area contributed by atoms with Gasteiger partial charge in [-0.05, 0) is 19.1 Å². The monoisotopic (exact) mass is 150 g/mol. The molecule has 0 bridgehead atoms. The first kappa shape index (κ1) is 8.08. The number of rotatable bonds is 3. The average Bonchev–Trinajstić information content (AvgIpc) is 2.06. The number of hydrogen-bond acceptors (Lipinski definition) is 2. The Hall–Kier alpha value is -1.02. The summed E-state index contributed by atoms with van der Waals surface area (Å²) in [5.74, 6) is 0. The van der Waals surface area contributed by atoms with Gasteiger partial charge in [-0.25, -0.2) is 0 Å². The summed E-state index contributed by atoms with van der Waals surface area (Å²) in [5.41, 5.74) is 6.59. The minimum atomic E-state index is 0.345. The van der Waals surface area contributed by atoms with E-state index < -0.39 is 0 Å². The molecule has 1 rings (SSSR count). The number of nitrogens with one attached hydrogen (secondary N) is 1. The van der Waals surface area contributed by atoms with E-state index >= 15 is 0 Å². The average molecular weight is 150 g/mol. The molecule has 1 atom stereocenters. The second-order valence-electron chi connectivity index (χ2n) is 2.65. The Kier molecular flexibility index (Phi) is 2.93. The van der Waals surface area contributed by atoms with Gasteiger partial charge >= 0.3 is 0 Å². The highest BCUT2D eigenvalue weighted by Gasteiger charge is 1.95. The van der Waals surface area contributed by atoms with Crippen LogP contribution in [0.2, 0.25) is 0 Å². The Labute approximate surface area is 67.4 Å². The number of nitrogens with two attached hydrogens (primary N) is 1. The topological polar surface area (TPSA) is 38.0 Å². The molecule has 0 saturated carbocycles. The molecule has 0 aromatic heterocycles. The van der Waals surface area contributed by atoms with Gasteiger partial charge in [0.1, 0.15) is 0 Å². The first-order valence-corrected chi connectivity index (χ1v) is 3.84. The molecule has 0 amide bonds. The molecule has 1 aromatic carbocycles. The van der Waals surface area contributed by atoms with Gasteiger partial charge in [-0.3, -0.25) is 0 Å². The van der Waals surface area contributed by atoms with E-state index in [4.69, 9.17) is 5.73 Å². The van der Waals surface area contributed by atoms with Crippen LogP contribution in [-0.4, -0.2) is 12.6 Å². The van der Waals surface area contributed by atoms with Crippen molar-refractivity contribution >= 4 is 5.69 Å². The van der Waals surface area contributed by atoms with E-state index in [-0.39, 0.29) is 0 Å². The van der Waals surface area contributed by atoms with E-state index in [9.17, 15) is 0 Å². The van der Waals surface area contributed by atoms with Gasteiger partial charge in [-0.15, -0.1) is 0 Å². The van der Waals surface area contributed by atoms with Crippen LogP contribution >= 0.6 is 0 Å². The molecule has 0 fully saturated rings. The largest absolute Gasteiger partial charge is 0.381 e. The highest BCUT2D eigenvalue weighted by Crippen LogP contribution is 2.05. The van der Waals surface area contributed by atoms with Gasteiger partial charge in [0.15, 0.2) is 0 Å². The lowest BCUT2D eigenvalue weighted by molar-refractivity contribution is 0.804. The van der Waals surface area contributed by atoms with Crippen molar-refractivity contribution in [3.05, 3.63) is 30.3 Å². The zero-order valence-electron chi connectivity index (χ0n) is 6.75. The van der Waals surface area contributed by atoms with E-state index in [1.807, 2.05) is 30.3 Å². The molecule has 0 aliphatic rings. The highest BCUT2D eigenvalue weighted by molar-refractivity contribution is 5.43. The molecule has 2 heteroatoms. The minimum absolute atomic E-state index is 0.345. The fraction of sp³-hybridized carbons (Fsp3) is 0.333. The Morgan fingerprint density at radius 2 is 2.00 bits per heavy atom. The normalized spacial score (nSPS) is 12.5. The summed E-state index contributed by atoms with van der Waals surface area (Å²) in [5, 5.41) is 3.27. The van der Waals surface area contributed by atoms with E-state index in [0.29, 0.717) is 12.6 Å². The number of para-hydroxylation sites is 1. The molecular formula is C9H14N2. The summed E-state index contributed by atoms with van der Waals surface area (Å²) in [6.45, 7) is 2.72. The van der Waals surface area contributed by atoms with Gasteiger partial charge in [-0.1, -0.05) is 18.2 Å². The van der Waals surface area contributed by atoms with Crippen molar-refractivity contribution < 1.29 is 0 Å². The maximum absolute atomic E-state index is 5.46. The summed E-state index contributed by atoms with van der Waals surface area (Å²) < 4.78 is 0. The van der Waals surface area contributed by atoms with Crippen molar-refractivity contribution in [1.29, 1.82) is 0 Å². The lowest BCUT2D eigenvalue weighted by atomic mass is 10.3. The molecule has 3 N–H and O–H groups in total. The number of benzene rings is 1. The molecular weight excluding hydrogens is 136 g/mol. The van der Waals surface area contributed by atoms with E-state index in [0.717, 1.165) is 5.69 Å². The zero-order valence-corrected chi connectivity index (χ0v) is 6.75. The first-order valence-electron chi connectivity index (χ1n) is 3.84. The summed E-state index contributed by atoms with van der Waals surface area (Å²) in [7, 11) is 0. The predicted octanol–water partition coefficient (Wildman–Crippen LogP) is 1.45. The molecule has 0 aliphatic heterocycles. The number of anilines is 1. The molecule has 1 aromatic rings. The predicted molar refractivity (Wildman–Crippen MR) is 48.6 cm³/mol. The van der Waals surface area contributed by atoms with Gasteiger partial charge in [0.2, 0.25) is 0 Å². The maximum atomic E-state index is 5.46. The lowest BCUT2D eigenvalue weighted by Gasteiger charge is -2.11. The number of hydrogen-bond donors (Lipinski definition) is 2. The van der Waals surface area contributed by atoms with Crippen LogP contribution in [0.3, 0.4) is 0 Å². The Bertz CT molecular complexity index is 196. The van der Waals surface area contributed by atoms with E-state index in [1.165, 1.54) is 0 Å². The standard InChI is InChI=1S/C9H14N2/c1-8(7-10)11-9-5-3-2-4-6-9/h2-6,8,11H,7,10H2,1H3. The van der Waals surface area contributed by atoms with Gasteiger partial charge in [0.05, 0.1) is 0 Å². The van der Waals surface area contributed by atoms with E-state index in [2.05, 4.69) is 12.2 Å². The van der Waals surface area contributed by atoms with Crippen LogP contribution in [0.25, 0.3) is 0 Å².